The van der Waals surface area contributed by atoms with Crippen molar-refractivity contribution in [3.05, 3.63) is 72.3 Å². The second kappa shape index (κ2) is 7.54. The van der Waals surface area contributed by atoms with E-state index < -0.39 is 0 Å². The van der Waals surface area contributed by atoms with Crippen LogP contribution in [-0.4, -0.2) is 44.2 Å². The van der Waals surface area contributed by atoms with Crippen LogP contribution in [0.5, 0.6) is 0 Å². The molecule has 5 aromatic carbocycles. The molecule has 0 aliphatic carbocycles. The molecule has 0 heterocycles. The standard InChI is InChI=1S/C28H30N2/c1-29(2)25(30(3)4)16-8-12-21-18-17-20-11-6-14-23-22-13-5-9-19-10-7-15-24(26(19)22)28(21)27(20)23/h5-7,9-11,13-15,17-18,25H,8,12,16H2,1-4H3. The molecule has 30 heavy (non-hydrogen) atoms. The van der Waals surface area contributed by atoms with Gasteiger partial charge in [-0.15, -0.1) is 0 Å². The third kappa shape index (κ3) is 3.03. The van der Waals surface area contributed by atoms with Gasteiger partial charge in [0, 0.05) is 0 Å². The van der Waals surface area contributed by atoms with Crippen LogP contribution in [0.25, 0.3) is 43.1 Å². The largest absolute Gasteiger partial charge is 0.294 e. The summed E-state index contributed by atoms with van der Waals surface area (Å²) >= 11 is 0. The lowest BCUT2D eigenvalue weighted by molar-refractivity contribution is 0.118. The second-order valence-electron chi connectivity index (χ2n) is 9.01. The molecule has 0 aliphatic heterocycles. The summed E-state index contributed by atoms with van der Waals surface area (Å²) in [5.74, 6) is 0. The zero-order valence-corrected chi connectivity index (χ0v) is 18.4. The molecule has 0 atom stereocenters. The highest BCUT2D eigenvalue weighted by atomic mass is 15.3. The normalized spacial score (nSPS) is 12.6. The van der Waals surface area contributed by atoms with Gasteiger partial charge in [-0.1, -0.05) is 66.7 Å². The summed E-state index contributed by atoms with van der Waals surface area (Å²) < 4.78 is 0. The van der Waals surface area contributed by atoms with Crippen molar-refractivity contribution >= 4 is 43.1 Å². The van der Waals surface area contributed by atoms with Gasteiger partial charge in [0.15, 0.2) is 0 Å². The molecule has 0 spiro atoms. The van der Waals surface area contributed by atoms with E-state index in [0.717, 1.165) is 6.42 Å². The summed E-state index contributed by atoms with van der Waals surface area (Å²) in [6.45, 7) is 0. The molecule has 152 valence electrons. The van der Waals surface area contributed by atoms with Crippen LogP contribution in [0.2, 0.25) is 0 Å². The smallest absolute Gasteiger partial charge is 0.0612 e. The molecule has 0 saturated carbocycles. The number of aryl methyl sites for hydroxylation is 1. The fourth-order valence-electron chi connectivity index (χ4n) is 5.39. The van der Waals surface area contributed by atoms with E-state index in [0.29, 0.717) is 6.17 Å². The Morgan fingerprint density at radius 2 is 1.17 bits per heavy atom. The maximum atomic E-state index is 2.37. The van der Waals surface area contributed by atoms with Gasteiger partial charge in [-0.05, 0) is 96.1 Å². The van der Waals surface area contributed by atoms with Crippen molar-refractivity contribution in [2.75, 3.05) is 28.2 Å². The van der Waals surface area contributed by atoms with E-state index in [1.54, 1.807) is 0 Å². The highest BCUT2D eigenvalue weighted by Gasteiger charge is 2.17. The molecule has 0 aliphatic rings. The molecule has 5 aromatic rings. The Hall–Kier alpha value is -2.68. The Bertz CT molecular complexity index is 1320. The van der Waals surface area contributed by atoms with Crippen LogP contribution >= 0.6 is 0 Å². The molecule has 0 amide bonds. The maximum Gasteiger partial charge on any atom is 0.0612 e. The number of benzene rings is 5. The minimum Gasteiger partial charge on any atom is -0.294 e. The Balaban J connectivity index is 1.69. The minimum atomic E-state index is 0.474. The van der Waals surface area contributed by atoms with Gasteiger partial charge < -0.3 is 0 Å². The molecule has 2 nitrogen and oxygen atoms in total. The van der Waals surface area contributed by atoms with E-state index in [4.69, 9.17) is 0 Å². The van der Waals surface area contributed by atoms with Crippen LogP contribution in [0.15, 0.2) is 66.7 Å². The average molecular weight is 395 g/mol. The zero-order chi connectivity index (χ0) is 20.8. The van der Waals surface area contributed by atoms with Gasteiger partial charge >= 0.3 is 0 Å². The van der Waals surface area contributed by atoms with E-state index >= 15 is 0 Å². The minimum absolute atomic E-state index is 0.474. The zero-order valence-electron chi connectivity index (χ0n) is 18.4. The number of nitrogens with zero attached hydrogens (tertiary/aromatic N) is 2. The Kier molecular flexibility index (Phi) is 4.85. The first-order valence-corrected chi connectivity index (χ1v) is 11.0. The van der Waals surface area contributed by atoms with Crippen molar-refractivity contribution in [2.45, 2.75) is 25.4 Å². The van der Waals surface area contributed by atoms with Crippen molar-refractivity contribution in [3.63, 3.8) is 0 Å². The summed E-state index contributed by atoms with van der Waals surface area (Å²) in [5.41, 5.74) is 1.48. The van der Waals surface area contributed by atoms with Crippen molar-refractivity contribution < 1.29 is 0 Å². The molecule has 0 fully saturated rings. The third-order valence-corrected chi connectivity index (χ3v) is 6.70. The molecule has 0 bridgehead atoms. The lowest BCUT2D eigenvalue weighted by Crippen LogP contribution is -2.40. The van der Waals surface area contributed by atoms with Crippen molar-refractivity contribution in [3.8, 4) is 0 Å². The van der Waals surface area contributed by atoms with Gasteiger partial charge in [0.1, 0.15) is 0 Å². The third-order valence-electron chi connectivity index (χ3n) is 6.70. The lowest BCUT2D eigenvalue weighted by atomic mass is 9.86. The highest BCUT2D eigenvalue weighted by molar-refractivity contribution is 6.33. The summed E-state index contributed by atoms with van der Waals surface area (Å²) in [5, 5.41) is 11.1. The van der Waals surface area contributed by atoms with Gasteiger partial charge in [-0.3, -0.25) is 9.80 Å². The SMILES string of the molecule is CN(C)C(CCCc1ccc2cccc3c4cccc5cccc(c1c23)c54)N(C)C. The average Bonchev–Trinajstić information content (AvgIpc) is 2.74. The number of rotatable bonds is 6. The molecule has 0 unspecified atom stereocenters. The predicted molar refractivity (Wildman–Crippen MR) is 132 cm³/mol. The van der Waals surface area contributed by atoms with E-state index in [9.17, 15) is 0 Å². The van der Waals surface area contributed by atoms with Gasteiger partial charge in [0.05, 0.1) is 6.17 Å². The first-order chi connectivity index (χ1) is 14.6. The van der Waals surface area contributed by atoms with Crippen LogP contribution in [0.4, 0.5) is 0 Å². The van der Waals surface area contributed by atoms with E-state index in [2.05, 4.69) is 105 Å². The first-order valence-electron chi connectivity index (χ1n) is 11.0. The van der Waals surface area contributed by atoms with Crippen LogP contribution in [-0.2, 0) is 6.42 Å². The summed E-state index contributed by atoms with van der Waals surface area (Å²) in [6, 6.07) is 25.0. The summed E-state index contributed by atoms with van der Waals surface area (Å²) in [6.07, 6.45) is 3.93. The highest BCUT2D eigenvalue weighted by Crippen LogP contribution is 2.41. The lowest BCUT2D eigenvalue weighted by Gasteiger charge is -2.30. The molecular weight excluding hydrogens is 364 g/mol. The van der Waals surface area contributed by atoms with E-state index in [1.165, 1.54) is 61.5 Å². The van der Waals surface area contributed by atoms with Crippen LogP contribution in [0, 0.1) is 0 Å². The van der Waals surface area contributed by atoms with Crippen molar-refractivity contribution in [1.82, 2.24) is 9.80 Å². The number of hydrogen-bond donors (Lipinski definition) is 0. The predicted octanol–water partition coefficient (Wildman–Crippen LogP) is 6.51. The van der Waals surface area contributed by atoms with Crippen molar-refractivity contribution in [1.29, 1.82) is 0 Å². The Morgan fingerprint density at radius 3 is 1.80 bits per heavy atom. The molecule has 2 heteroatoms. The molecule has 0 aromatic heterocycles. The van der Waals surface area contributed by atoms with Gasteiger partial charge in [0.25, 0.3) is 0 Å². The molecular formula is C28H30N2. The molecule has 0 N–H and O–H groups in total. The summed E-state index contributed by atoms with van der Waals surface area (Å²) in [4.78, 5) is 4.64. The van der Waals surface area contributed by atoms with Gasteiger partial charge in [0.2, 0.25) is 0 Å². The monoisotopic (exact) mass is 394 g/mol. The quantitative estimate of drug-likeness (QED) is 0.184. The fourth-order valence-corrected chi connectivity index (χ4v) is 5.39. The topological polar surface area (TPSA) is 6.48 Å². The van der Waals surface area contributed by atoms with E-state index in [1.807, 2.05) is 0 Å². The molecule has 5 rings (SSSR count). The number of fused-ring (bicyclic) bond motifs is 2. The van der Waals surface area contributed by atoms with Crippen LogP contribution < -0.4 is 0 Å². The first kappa shape index (κ1) is 19.3. The van der Waals surface area contributed by atoms with Crippen LogP contribution in [0.1, 0.15) is 18.4 Å². The molecule has 0 saturated heterocycles. The van der Waals surface area contributed by atoms with Crippen molar-refractivity contribution in [2.24, 2.45) is 0 Å². The molecule has 0 radical (unpaired) electrons. The summed E-state index contributed by atoms with van der Waals surface area (Å²) in [7, 11) is 8.70. The Labute approximate surface area is 179 Å². The van der Waals surface area contributed by atoms with Gasteiger partial charge in [-0.25, -0.2) is 0 Å². The van der Waals surface area contributed by atoms with E-state index in [-0.39, 0.29) is 0 Å². The second-order valence-corrected chi connectivity index (χ2v) is 9.01. The van der Waals surface area contributed by atoms with Crippen LogP contribution in [0.3, 0.4) is 0 Å². The van der Waals surface area contributed by atoms with Gasteiger partial charge in [-0.2, -0.15) is 0 Å². The number of hydrogen-bond acceptors (Lipinski definition) is 2. The maximum absolute atomic E-state index is 2.37. The fraction of sp³-hybridized carbons (Fsp3) is 0.286. The Morgan fingerprint density at radius 1 is 0.600 bits per heavy atom.